The molecule has 0 radical (unpaired) electrons. The van der Waals surface area contributed by atoms with E-state index in [0.29, 0.717) is 19.1 Å². The van der Waals surface area contributed by atoms with E-state index in [1.807, 2.05) is 0 Å². The Bertz CT molecular complexity index is 968. The Labute approximate surface area is 157 Å². The first-order chi connectivity index (χ1) is 13.1. The number of hydrogen-bond acceptors (Lipinski definition) is 4. The third-order valence-corrected chi connectivity index (χ3v) is 4.64. The summed E-state index contributed by atoms with van der Waals surface area (Å²) in [6.07, 6.45) is -3.44. The van der Waals surface area contributed by atoms with Crippen LogP contribution in [0.1, 0.15) is 50.6 Å². The molecule has 0 atom stereocenters. The number of benzene rings is 2. The van der Waals surface area contributed by atoms with Crippen LogP contribution in [-0.4, -0.2) is 24.2 Å². The molecule has 2 aromatic rings. The van der Waals surface area contributed by atoms with Crippen molar-refractivity contribution >= 4 is 23.6 Å². The number of halogens is 3. The van der Waals surface area contributed by atoms with E-state index in [2.05, 4.69) is 0 Å². The molecule has 146 valence electrons. The van der Waals surface area contributed by atoms with Crippen LogP contribution in [0.5, 0.6) is 0 Å². The standard InChI is InChI=1S/C19H15F3N2O4/c1-23(18(26)14-5-3-2-4-12(14)10-25)13-8-15(19(20,21)22)17(11-6-7-11)16(9-13)24(27)28/h2-5,8-11H,6-7H2,1H3. The predicted molar refractivity (Wildman–Crippen MR) is 94.6 cm³/mol. The minimum Gasteiger partial charge on any atom is -0.311 e. The molecule has 0 aliphatic heterocycles. The molecule has 0 saturated heterocycles. The average molecular weight is 392 g/mol. The molecular formula is C19H15F3N2O4. The molecule has 0 heterocycles. The van der Waals surface area contributed by atoms with Crippen molar-refractivity contribution in [1.82, 2.24) is 0 Å². The topological polar surface area (TPSA) is 80.5 Å². The maximum absolute atomic E-state index is 13.6. The van der Waals surface area contributed by atoms with E-state index in [-0.39, 0.29) is 22.4 Å². The highest BCUT2D eigenvalue weighted by molar-refractivity contribution is 6.10. The second kappa shape index (κ2) is 7.06. The number of hydrogen-bond donors (Lipinski definition) is 0. The zero-order valence-electron chi connectivity index (χ0n) is 14.7. The molecule has 3 rings (SSSR count). The number of carbonyl (C=O) groups is 2. The quantitative estimate of drug-likeness (QED) is 0.424. The van der Waals surface area contributed by atoms with E-state index >= 15 is 0 Å². The average Bonchev–Trinajstić information content (AvgIpc) is 3.50. The number of amides is 1. The molecule has 9 heteroatoms. The van der Waals surface area contributed by atoms with Crippen LogP contribution in [-0.2, 0) is 6.18 Å². The number of aldehydes is 1. The summed E-state index contributed by atoms with van der Waals surface area (Å²) in [7, 11) is 1.21. The van der Waals surface area contributed by atoms with Gasteiger partial charge in [-0.3, -0.25) is 19.7 Å². The first-order valence-corrected chi connectivity index (χ1v) is 8.37. The SMILES string of the molecule is CN(C(=O)c1ccccc1C=O)c1cc([N+](=O)[O-])c(C2CC2)c(C(F)(F)F)c1. The Morgan fingerprint density at radius 2 is 1.89 bits per heavy atom. The van der Waals surface area contributed by atoms with E-state index < -0.39 is 34.2 Å². The molecule has 0 bridgehead atoms. The van der Waals surface area contributed by atoms with Crippen LogP contribution in [0.4, 0.5) is 24.5 Å². The predicted octanol–water partition coefficient (Wildman–Crippen LogP) is 4.58. The lowest BCUT2D eigenvalue weighted by Gasteiger charge is -2.21. The van der Waals surface area contributed by atoms with Crippen molar-refractivity contribution in [3.8, 4) is 0 Å². The zero-order chi connectivity index (χ0) is 20.6. The fourth-order valence-electron chi connectivity index (χ4n) is 3.10. The van der Waals surface area contributed by atoms with Gasteiger partial charge in [-0.15, -0.1) is 0 Å². The van der Waals surface area contributed by atoms with Crippen molar-refractivity contribution in [2.75, 3.05) is 11.9 Å². The molecule has 0 N–H and O–H groups in total. The maximum atomic E-state index is 13.6. The first kappa shape index (κ1) is 19.5. The molecule has 1 saturated carbocycles. The number of nitro benzene ring substituents is 1. The van der Waals surface area contributed by atoms with Crippen molar-refractivity contribution < 1.29 is 27.7 Å². The van der Waals surface area contributed by atoms with Crippen LogP contribution in [0.3, 0.4) is 0 Å². The van der Waals surface area contributed by atoms with Crippen LogP contribution in [0, 0.1) is 10.1 Å². The van der Waals surface area contributed by atoms with Gasteiger partial charge in [-0.05, 0) is 30.9 Å². The Morgan fingerprint density at radius 1 is 1.25 bits per heavy atom. The summed E-state index contributed by atoms with van der Waals surface area (Å²) in [4.78, 5) is 35.3. The van der Waals surface area contributed by atoms with Crippen LogP contribution < -0.4 is 4.90 Å². The van der Waals surface area contributed by atoms with Gasteiger partial charge in [0.05, 0.1) is 21.7 Å². The second-order valence-corrected chi connectivity index (χ2v) is 6.52. The van der Waals surface area contributed by atoms with Crippen molar-refractivity contribution in [2.24, 2.45) is 0 Å². The molecule has 0 spiro atoms. The summed E-state index contributed by atoms with van der Waals surface area (Å²) in [6, 6.07) is 7.53. The van der Waals surface area contributed by atoms with E-state index in [0.717, 1.165) is 17.0 Å². The van der Waals surface area contributed by atoms with Crippen molar-refractivity contribution in [3.05, 3.63) is 68.8 Å². The lowest BCUT2D eigenvalue weighted by Crippen LogP contribution is -2.28. The molecule has 1 amide bonds. The fraction of sp³-hybridized carbons (Fsp3) is 0.263. The normalized spacial score (nSPS) is 13.9. The number of nitrogens with zero attached hydrogens (tertiary/aromatic N) is 2. The van der Waals surface area contributed by atoms with Crippen LogP contribution in [0.15, 0.2) is 36.4 Å². The molecule has 0 aromatic heterocycles. The molecular weight excluding hydrogens is 377 g/mol. The number of alkyl halides is 3. The molecule has 2 aromatic carbocycles. The second-order valence-electron chi connectivity index (χ2n) is 6.52. The van der Waals surface area contributed by atoms with Gasteiger partial charge in [0, 0.05) is 24.2 Å². The number of carbonyl (C=O) groups excluding carboxylic acids is 2. The van der Waals surface area contributed by atoms with Crippen molar-refractivity contribution in [3.63, 3.8) is 0 Å². The van der Waals surface area contributed by atoms with Gasteiger partial charge in [0.15, 0.2) is 6.29 Å². The largest absolute Gasteiger partial charge is 0.417 e. The number of rotatable bonds is 5. The number of anilines is 1. The lowest BCUT2D eigenvalue weighted by atomic mass is 9.98. The zero-order valence-corrected chi connectivity index (χ0v) is 14.7. The first-order valence-electron chi connectivity index (χ1n) is 8.37. The van der Waals surface area contributed by atoms with Crippen LogP contribution >= 0.6 is 0 Å². The van der Waals surface area contributed by atoms with Gasteiger partial charge in [-0.2, -0.15) is 13.2 Å². The summed E-state index contributed by atoms with van der Waals surface area (Å²) < 4.78 is 40.8. The number of nitro groups is 1. The third kappa shape index (κ3) is 3.60. The van der Waals surface area contributed by atoms with E-state index in [4.69, 9.17) is 0 Å². The van der Waals surface area contributed by atoms with Gasteiger partial charge in [-0.25, -0.2) is 0 Å². The van der Waals surface area contributed by atoms with E-state index in [1.165, 1.54) is 31.3 Å². The minimum atomic E-state index is -4.80. The summed E-state index contributed by atoms with van der Waals surface area (Å²) in [5.74, 6) is -1.26. The van der Waals surface area contributed by atoms with E-state index in [1.54, 1.807) is 0 Å². The summed E-state index contributed by atoms with van der Waals surface area (Å²) in [5, 5.41) is 11.4. The van der Waals surface area contributed by atoms with Crippen molar-refractivity contribution in [2.45, 2.75) is 24.9 Å². The smallest absolute Gasteiger partial charge is 0.311 e. The van der Waals surface area contributed by atoms with Crippen LogP contribution in [0.25, 0.3) is 0 Å². The summed E-state index contributed by atoms with van der Waals surface area (Å²) in [5.41, 5.74) is -2.32. The molecule has 28 heavy (non-hydrogen) atoms. The minimum absolute atomic E-state index is 0.0116. The fourth-order valence-corrected chi connectivity index (χ4v) is 3.10. The maximum Gasteiger partial charge on any atom is 0.417 e. The van der Waals surface area contributed by atoms with Crippen LogP contribution in [0.2, 0.25) is 0 Å². The summed E-state index contributed by atoms with van der Waals surface area (Å²) >= 11 is 0. The molecule has 1 aliphatic carbocycles. The van der Waals surface area contributed by atoms with Gasteiger partial charge >= 0.3 is 6.18 Å². The van der Waals surface area contributed by atoms with Gasteiger partial charge < -0.3 is 4.90 Å². The summed E-state index contributed by atoms with van der Waals surface area (Å²) in [6.45, 7) is 0. The highest BCUT2D eigenvalue weighted by atomic mass is 19.4. The lowest BCUT2D eigenvalue weighted by molar-refractivity contribution is -0.385. The Kier molecular flexibility index (Phi) is 4.93. The van der Waals surface area contributed by atoms with Gasteiger partial charge in [0.1, 0.15) is 0 Å². The van der Waals surface area contributed by atoms with Gasteiger partial charge in [0.25, 0.3) is 11.6 Å². The highest BCUT2D eigenvalue weighted by Gasteiger charge is 2.43. The molecule has 1 aliphatic rings. The highest BCUT2D eigenvalue weighted by Crippen LogP contribution is 2.50. The van der Waals surface area contributed by atoms with Crippen molar-refractivity contribution in [1.29, 1.82) is 0 Å². The molecule has 6 nitrogen and oxygen atoms in total. The Hall–Kier alpha value is -3.23. The Morgan fingerprint density at radius 3 is 2.43 bits per heavy atom. The van der Waals surface area contributed by atoms with E-state index in [9.17, 15) is 32.9 Å². The molecule has 1 fully saturated rings. The monoisotopic (exact) mass is 392 g/mol. The van der Waals surface area contributed by atoms with Gasteiger partial charge in [-0.1, -0.05) is 18.2 Å². The molecule has 0 unspecified atom stereocenters. The van der Waals surface area contributed by atoms with Gasteiger partial charge in [0.2, 0.25) is 0 Å². The Balaban J connectivity index is 2.13. The third-order valence-electron chi connectivity index (χ3n) is 4.64.